The Balaban J connectivity index is 1.82. The number of hydrogen-bond donors (Lipinski definition) is 5. The maximum absolute atomic E-state index is 11.7. The van der Waals surface area contributed by atoms with E-state index < -0.39 is 34.9 Å². The van der Waals surface area contributed by atoms with Gasteiger partial charge in [-0.15, -0.1) is 0 Å². The maximum atomic E-state index is 11.7. The molecule has 31 heavy (non-hydrogen) atoms. The van der Waals surface area contributed by atoms with E-state index >= 15 is 0 Å². The van der Waals surface area contributed by atoms with Crippen molar-refractivity contribution in [3.63, 3.8) is 0 Å². The highest BCUT2D eigenvalue weighted by molar-refractivity contribution is 6.04. The minimum Gasteiger partial charge on any atom is -0.504 e. The molecule has 0 radical (unpaired) electrons. The van der Waals surface area contributed by atoms with Gasteiger partial charge >= 0.3 is 5.97 Å². The number of ether oxygens (including phenoxy) is 1. The Bertz CT molecular complexity index is 1330. The van der Waals surface area contributed by atoms with Gasteiger partial charge in [0.05, 0.1) is 5.56 Å². The third kappa shape index (κ3) is 2.71. The third-order valence-electron chi connectivity index (χ3n) is 5.58. The Morgan fingerprint density at radius 1 is 0.774 bits per heavy atom. The van der Waals surface area contributed by atoms with Crippen molar-refractivity contribution < 1.29 is 35.1 Å². The highest BCUT2D eigenvalue weighted by atomic mass is 16.5. The van der Waals surface area contributed by atoms with Crippen LogP contribution in [0.3, 0.4) is 0 Å². The van der Waals surface area contributed by atoms with Crippen molar-refractivity contribution in [2.24, 2.45) is 0 Å². The second-order valence-corrected chi connectivity index (χ2v) is 7.33. The van der Waals surface area contributed by atoms with Crippen molar-refractivity contribution in [2.75, 3.05) is 0 Å². The number of rotatable bonds is 2. The average molecular weight is 416 g/mol. The first-order chi connectivity index (χ1) is 14.9. The number of phenolic OH excluding ortho intramolecular Hbond substituents is 4. The van der Waals surface area contributed by atoms with Crippen molar-refractivity contribution in [2.45, 2.75) is 5.92 Å². The van der Waals surface area contributed by atoms with Gasteiger partial charge in [-0.05, 0) is 40.6 Å². The Hall–Kier alpha value is -4.39. The summed E-state index contributed by atoms with van der Waals surface area (Å²) in [6.07, 6.45) is 0. The van der Waals surface area contributed by atoms with E-state index in [1.165, 1.54) is 18.2 Å². The number of carboxylic acid groups (broad SMARTS) is 1. The Labute approximate surface area is 175 Å². The first-order valence-corrected chi connectivity index (χ1v) is 9.40. The summed E-state index contributed by atoms with van der Waals surface area (Å²) in [6, 6.07) is 16.2. The number of carboxylic acids is 1. The quantitative estimate of drug-likeness (QED) is 0.265. The summed E-state index contributed by atoms with van der Waals surface area (Å²) in [5, 5.41) is 51.5. The van der Waals surface area contributed by atoms with Gasteiger partial charge in [-0.25, -0.2) is 4.79 Å². The summed E-state index contributed by atoms with van der Waals surface area (Å²) >= 11 is 0. The SMILES string of the molecule is O=C(O)c1cccc2ccc(C3c4ccc(O)c(O)c4Oc4c3ccc(O)c4O)cc12. The van der Waals surface area contributed by atoms with E-state index in [0.29, 0.717) is 22.1 Å². The molecular formula is C24H16O7. The standard InChI is InChI=1S/C24H16O7/c25-17-8-6-14-19(12-5-4-11-2-1-3-13(24(29)30)16(11)10-12)15-7-9-18(26)21(28)23(15)31-22(14)20(17)27/h1-10,19,25-28H,(H,29,30). The number of benzene rings is 4. The molecule has 0 saturated carbocycles. The summed E-state index contributed by atoms with van der Waals surface area (Å²) in [6.45, 7) is 0. The van der Waals surface area contributed by atoms with Gasteiger partial charge in [-0.1, -0.05) is 36.4 Å². The molecule has 0 spiro atoms. The van der Waals surface area contributed by atoms with Crippen LogP contribution in [0.5, 0.6) is 34.5 Å². The van der Waals surface area contributed by atoms with Crippen LogP contribution in [0.4, 0.5) is 0 Å². The first kappa shape index (κ1) is 18.6. The molecule has 0 aliphatic carbocycles. The molecular weight excluding hydrogens is 400 g/mol. The van der Waals surface area contributed by atoms with E-state index in [4.69, 9.17) is 4.74 Å². The van der Waals surface area contributed by atoms with Crippen LogP contribution in [-0.4, -0.2) is 31.5 Å². The molecule has 0 atom stereocenters. The van der Waals surface area contributed by atoms with Gasteiger partial charge in [0.1, 0.15) is 0 Å². The molecule has 1 aliphatic heterocycles. The highest BCUT2D eigenvalue weighted by Crippen LogP contribution is 2.56. The van der Waals surface area contributed by atoms with Gasteiger partial charge in [0.25, 0.3) is 0 Å². The topological polar surface area (TPSA) is 127 Å². The van der Waals surface area contributed by atoms with Crippen molar-refractivity contribution in [3.05, 3.63) is 82.9 Å². The monoisotopic (exact) mass is 416 g/mol. The van der Waals surface area contributed by atoms with Gasteiger partial charge in [0, 0.05) is 17.0 Å². The number of hydrogen-bond acceptors (Lipinski definition) is 6. The van der Waals surface area contributed by atoms with E-state index in [1.54, 1.807) is 30.3 Å². The fourth-order valence-corrected chi connectivity index (χ4v) is 4.11. The van der Waals surface area contributed by atoms with Crippen molar-refractivity contribution >= 4 is 16.7 Å². The van der Waals surface area contributed by atoms with E-state index in [0.717, 1.165) is 5.39 Å². The molecule has 154 valence electrons. The fraction of sp³-hybridized carbons (Fsp3) is 0.0417. The average Bonchev–Trinajstić information content (AvgIpc) is 2.77. The highest BCUT2D eigenvalue weighted by Gasteiger charge is 2.34. The minimum atomic E-state index is -1.05. The van der Waals surface area contributed by atoms with E-state index in [1.807, 2.05) is 12.1 Å². The summed E-state index contributed by atoms with van der Waals surface area (Å²) in [5.41, 5.74) is 1.86. The van der Waals surface area contributed by atoms with E-state index in [-0.39, 0.29) is 17.1 Å². The van der Waals surface area contributed by atoms with Crippen LogP contribution in [0.2, 0.25) is 0 Å². The summed E-state index contributed by atoms with van der Waals surface area (Å²) < 4.78 is 5.69. The number of phenols is 4. The summed E-state index contributed by atoms with van der Waals surface area (Å²) in [7, 11) is 0. The Morgan fingerprint density at radius 3 is 1.97 bits per heavy atom. The van der Waals surface area contributed by atoms with Crippen LogP contribution in [0.25, 0.3) is 10.8 Å². The molecule has 5 N–H and O–H groups in total. The zero-order valence-electron chi connectivity index (χ0n) is 15.9. The lowest BCUT2D eigenvalue weighted by molar-refractivity contribution is 0.0699. The molecule has 0 aromatic heterocycles. The lowest BCUT2D eigenvalue weighted by Crippen LogP contribution is -2.12. The van der Waals surface area contributed by atoms with Crippen molar-refractivity contribution in [1.29, 1.82) is 0 Å². The largest absolute Gasteiger partial charge is 0.504 e. The number of aromatic carboxylic acids is 1. The van der Waals surface area contributed by atoms with Crippen LogP contribution < -0.4 is 4.74 Å². The van der Waals surface area contributed by atoms with Crippen LogP contribution in [0.1, 0.15) is 33.0 Å². The van der Waals surface area contributed by atoms with E-state index in [9.17, 15) is 30.3 Å². The molecule has 0 unspecified atom stereocenters. The van der Waals surface area contributed by atoms with E-state index in [2.05, 4.69) is 0 Å². The second kappa shape index (κ2) is 6.56. The molecule has 4 aromatic carbocycles. The molecule has 1 aliphatic rings. The predicted octanol–water partition coefficient (Wildman–Crippen LogP) is 4.65. The zero-order chi connectivity index (χ0) is 21.9. The van der Waals surface area contributed by atoms with Crippen molar-refractivity contribution in [1.82, 2.24) is 0 Å². The van der Waals surface area contributed by atoms with Crippen LogP contribution in [-0.2, 0) is 0 Å². The molecule has 0 bridgehead atoms. The zero-order valence-corrected chi connectivity index (χ0v) is 15.9. The number of aromatic hydroxyl groups is 4. The van der Waals surface area contributed by atoms with Crippen LogP contribution >= 0.6 is 0 Å². The summed E-state index contributed by atoms with van der Waals surface area (Å²) in [4.78, 5) is 11.7. The fourth-order valence-electron chi connectivity index (χ4n) is 4.11. The van der Waals surface area contributed by atoms with Gasteiger partial charge in [-0.2, -0.15) is 0 Å². The lowest BCUT2D eigenvalue weighted by atomic mass is 9.81. The maximum Gasteiger partial charge on any atom is 0.336 e. The van der Waals surface area contributed by atoms with Crippen molar-refractivity contribution in [3.8, 4) is 34.5 Å². The number of carbonyl (C=O) groups is 1. The number of fused-ring (bicyclic) bond motifs is 3. The second-order valence-electron chi connectivity index (χ2n) is 7.33. The molecule has 7 heteroatoms. The Kier molecular flexibility index (Phi) is 3.94. The molecule has 1 heterocycles. The van der Waals surface area contributed by atoms with Crippen LogP contribution in [0, 0.1) is 0 Å². The van der Waals surface area contributed by atoms with Gasteiger partial charge in [-0.3, -0.25) is 0 Å². The predicted molar refractivity (Wildman–Crippen MR) is 111 cm³/mol. The summed E-state index contributed by atoms with van der Waals surface area (Å²) in [5.74, 6) is -3.51. The minimum absolute atomic E-state index is 0.0509. The molecule has 5 rings (SSSR count). The Morgan fingerprint density at radius 2 is 1.39 bits per heavy atom. The first-order valence-electron chi connectivity index (χ1n) is 9.40. The van der Waals surface area contributed by atoms with Crippen LogP contribution in [0.15, 0.2) is 60.7 Å². The molecule has 7 nitrogen and oxygen atoms in total. The van der Waals surface area contributed by atoms with Gasteiger partial charge < -0.3 is 30.3 Å². The smallest absolute Gasteiger partial charge is 0.336 e. The normalized spacial score (nSPS) is 12.8. The van der Waals surface area contributed by atoms with Gasteiger partial charge in [0.15, 0.2) is 23.0 Å². The molecule has 0 amide bonds. The molecule has 4 aromatic rings. The molecule has 0 fully saturated rings. The third-order valence-corrected chi connectivity index (χ3v) is 5.58. The molecule has 0 saturated heterocycles. The van der Waals surface area contributed by atoms with Gasteiger partial charge in [0.2, 0.25) is 11.5 Å². The lowest BCUT2D eigenvalue weighted by Gasteiger charge is -2.30.